The lowest BCUT2D eigenvalue weighted by atomic mass is 10.2. The molecule has 0 bridgehead atoms. The number of nitrogens with zero attached hydrogens (tertiary/aromatic N) is 1. The van der Waals surface area contributed by atoms with Crippen LogP contribution in [0.3, 0.4) is 0 Å². The molecule has 20 heavy (non-hydrogen) atoms. The maximum atomic E-state index is 11.7. The van der Waals surface area contributed by atoms with Gasteiger partial charge in [0.1, 0.15) is 5.76 Å². The first-order valence-electron chi connectivity index (χ1n) is 7.13. The highest BCUT2D eigenvalue weighted by atomic mass is 16.3. The lowest BCUT2D eigenvalue weighted by Crippen LogP contribution is -2.45. The fraction of sp³-hybridized carbons (Fsp3) is 0.643. The Kier molecular flexibility index (Phi) is 5.43. The standard InChI is InChI=1S/C14H23N3O3/c1-11(10-18)16-14(19)15-9-12(13-5-4-8-20-13)17-6-2-3-7-17/h4-5,8,11-12,18H,2-3,6-7,9-10H2,1H3,(H2,15,16,19). The molecule has 0 aliphatic carbocycles. The van der Waals surface area contributed by atoms with Gasteiger partial charge < -0.3 is 20.2 Å². The third-order valence-electron chi connectivity index (χ3n) is 3.56. The van der Waals surface area contributed by atoms with E-state index >= 15 is 0 Å². The molecule has 112 valence electrons. The van der Waals surface area contributed by atoms with E-state index in [9.17, 15) is 4.79 Å². The van der Waals surface area contributed by atoms with Gasteiger partial charge in [0.15, 0.2) is 0 Å². The molecule has 6 nitrogen and oxygen atoms in total. The molecular weight excluding hydrogens is 258 g/mol. The molecule has 0 saturated carbocycles. The molecule has 2 amide bonds. The van der Waals surface area contributed by atoms with Gasteiger partial charge in [-0.3, -0.25) is 4.90 Å². The predicted octanol–water partition coefficient (Wildman–Crippen LogP) is 1.10. The molecule has 1 aliphatic rings. The molecule has 1 aromatic rings. The Balaban J connectivity index is 1.89. The number of rotatable bonds is 6. The number of nitrogens with one attached hydrogen (secondary N) is 2. The Morgan fingerprint density at radius 1 is 1.50 bits per heavy atom. The second kappa shape index (κ2) is 7.31. The van der Waals surface area contributed by atoms with Crippen LogP contribution in [0.25, 0.3) is 0 Å². The SMILES string of the molecule is CC(CO)NC(=O)NCC(c1ccco1)N1CCCC1. The molecule has 1 saturated heterocycles. The fourth-order valence-corrected chi connectivity index (χ4v) is 2.45. The first kappa shape index (κ1) is 14.9. The number of carbonyl (C=O) groups excluding carboxylic acids is 1. The van der Waals surface area contributed by atoms with Crippen LogP contribution in [-0.2, 0) is 0 Å². The zero-order valence-electron chi connectivity index (χ0n) is 11.8. The van der Waals surface area contributed by atoms with E-state index in [1.807, 2.05) is 12.1 Å². The van der Waals surface area contributed by atoms with Crippen molar-refractivity contribution in [1.29, 1.82) is 0 Å². The Bertz CT molecular complexity index is 402. The number of furan rings is 1. The van der Waals surface area contributed by atoms with E-state index in [4.69, 9.17) is 9.52 Å². The largest absolute Gasteiger partial charge is 0.468 e. The van der Waals surface area contributed by atoms with Crippen molar-refractivity contribution in [2.75, 3.05) is 26.2 Å². The van der Waals surface area contributed by atoms with E-state index in [0.717, 1.165) is 18.8 Å². The average molecular weight is 281 g/mol. The quantitative estimate of drug-likeness (QED) is 0.729. The second-order valence-electron chi connectivity index (χ2n) is 5.21. The Morgan fingerprint density at radius 2 is 2.25 bits per heavy atom. The number of urea groups is 1. The van der Waals surface area contributed by atoms with Gasteiger partial charge in [-0.25, -0.2) is 4.79 Å². The van der Waals surface area contributed by atoms with Crippen molar-refractivity contribution >= 4 is 6.03 Å². The van der Waals surface area contributed by atoms with E-state index in [1.165, 1.54) is 12.8 Å². The molecule has 1 aliphatic heterocycles. The van der Waals surface area contributed by atoms with Crippen LogP contribution in [0, 0.1) is 0 Å². The van der Waals surface area contributed by atoms with Crippen LogP contribution >= 0.6 is 0 Å². The molecule has 2 unspecified atom stereocenters. The van der Waals surface area contributed by atoms with Crippen molar-refractivity contribution in [1.82, 2.24) is 15.5 Å². The summed E-state index contributed by atoms with van der Waals surface area (Å²) < 4.78 is 5.49. The molecule has 2 atom stereocenters. The third-order valence-corrected chi connectivity index (χ3v) is 3.56. The van der Waals surface area contributed by atoms with E-state index in [2.05, 4.69) is 15.5 Å². The van der Waals surface area contributed by atoms with Gasteiger partial charge in [0, 0.05) is 6.54 Å². The number of aliphatic hydroxyl groups excluding tert-OH is 1. The minimum atomic E-state index is -0.262. The molecule has 1 aromatic heterocycles. The van der Waals surface area contributed by atoms with Gasteiger partial charge in [0.25, 0.3) is 0 Å². The monoisotopic (exact) mass is 281 g/mol. The van der Waals surface area contributed by atoms with Crippen LogP contribution in [-0.4, -0.2) is 48.3 Å². The number of aliphatic hydroxyl groups is 1. The summed E-state index contributed by atoms with van der Waals surface area (Å²) in [6.07, 6.45) is 4.03. The number of likely N-dealkylation sites (tertiary alicyclic amines) is 1. The number of carbonyl (C=O) groups is 1. The van der Waals surface area contributed by atoms with Crippen molar-refractivity contribution in [3.05, 3.63) is 24.2 Å². The van der Waals surface area contributed by atoms with Gasteiger partial charge in [-0.1, -0.05) is 0 Å². The van der Waals surface area contributed by atoms with Gasteiger partial charge in [-0.15, -0.1) is 0 Å². The summed E-state index contributed by atoms with van der Waals surface area (Å²) in [5.41, 5.74) is 0. The predicted molar refractivity (Wildman–Crippen MR) is 75.3 cm³/mol. The molecule has 0 aromatic carbocycles. The van der Waals surface area contributed by atoms with Crippen LogP contribution in [0.4, 0.5) is 4.79 Å². The zero-order valence-corrected chi connectivity index (χ0v) is 11.8. The minimum Gasteiger partial charge on any atom is -0.468 e. The number of amides is 2. The highest BCUT2D eigenvalue weighted by Crippen LogP contribution is 2.24. The van der Waals surface area contributed by atoms with E-state index < -0.39 is 0 Å². The lowest BCUT2D eigenvalue weighted by molar-refractivity contribution is 0.197. The highest BCUT2D eigenvalue weighted by Gasteiger charge is 2.25. The zero-order chi connectivity index (χ0) is 14.4. The highest BCUT2D eigenvalue weighted by molar-refractivity contribution is 5.74. The molecule has 2 rings (SSSR count). The third kappa shape index (κ3) is 3.98. The van der Waals surface area contributed by atoms with Crippen molar-refractivity contribution < 1.29 is 14.3 Å². The topological polar surface area (TPSA) is 77.7 Å². The van der Waals surface area contributed by atoms with Gasteiger partial charge in [-0.2, -0.15) is 0 Å². The lowest BCUT2D eigenvalue weighted by Gasteiger charge is -2.26. The van der Waals surface area contributed by atoms with Crippen molar-refractivity contribution in [2.45, 2.75) is 31.8 Å². The first-order valence-corrected chi connectivity index (χ1v) is 7.13. The van der Waals surface area contributed by atoms with Crippen molar-refractivity contribution in [3.8, 4) is 0 Å². The smallest absolute Gasteiger partial charge is 0.315 e. The summed E-state index contributed by atoms with van der Waals surface area (Å²) in [6, 6.07) is 3.37. The molecule has 6 heteroatoms. The van der Waals surface area contributed by atoms with Gasteiger partial charge in [-0.05, 0) is 45.0 Å². The average Bonchev–Trinajstić information content (AvgIpc) is 3.11. The minimum absolute atomic E-state index is 0.0683. The fourth-order valence-electron chi connectivity index (χ4n) is 2.45. The van der Waals surface area contributed by atoms with Gasteiger partial charge in [0.05, 0.1) is 25.0 Å². The van der Waals surface area contributed by atoms with Crippen molar-refractivity contribution in [3.63, 3.8) is 0 Å². The van der Waals surface area contributed by atoms with Crippen LogP contribution in [0.5, 0.6) is 0 Å². The summed E-state index contributed by atoms with van der Waals surface area (Å²) in [7, 11) is 0. The summed E-state index contributed by atoms with van der Waals surface area (Å²) >= 11 is 0. The van der Waals surface area contributed by atoms with Crippen LogP contribution < -0.4 is 10.6 Å². The normalized spacial score (nSPS) is 18.7. The van der Waals surface area contributed by atoms with Gasteiger partial charge in [0.2, 0.25) is 0 Å². The maximum absolute atomic E-state index is 11.7. The van der Waals surface area contributed by atoms with Crippen LogP contribution in [0.1, 0.15) is 31.6 Å². The van der Waals surface area contributed by atoms with Gasteiger partial charge >= 0.3 is 6.03 Å². The molecule has 2 heterocycles. The van der Waals surface area contributed by atoms with E-state index in [1.54, 1.807) is 13.2 Å². The summed E-state index contributed by atoms with van der Waals surface area (Å²) in [4.78, 5) is 14.0. The molecule has 0 spiro atoms. The Hall–Kier alpha value is -1.53. The van der Waals surface area contributed by atoms with E-state index in [-0.39, 0.29) is 24.7 Å². The Labute approximate surface area is 119 Å². The van der Waals surface area contributed by atoms with Crippen molar-refractivity contribution in [2.24, 2.45) is 0 Å². The van der Waals surface area contributed by atoms with Crippen LogP contribution in [0.15, 0.2) is 22.8 Å². The molecule has 0 radical (unpaired) electrons. The number of hydrogen-bond donors (Lipinski definition) is 3. The number of hydrogen-bond acceptors (Lipinski definition) is 4. The molecule has 1 fully saturated rings. The summed E-state index contributed by atoms with van der Waals surface area (Å²) in [5.74, 6) is 0.877. The summed E-state index contributed by atoms with van der Waals surface area (Å²) in [6.45, 7) is 4.24. The molecular formula is C14H23N3O3. The molecule has 3 N–H and O–H groups in total. The maximum Gasteiger partial charge on any atom is 0.315 e. The summed E-state index contributed by atoms with van der Waals surface area (Å²) in [5, 5.41) is 14.4. The Morgan fingerprint density at radius 3 is 2.85 bits per heavy atom. The van der Waals surface area contributed by atoms with Crippen LogP contribution in [0.2, 0.25) is 0 Å². The second-order valence-corrected chi connectivity index (χ2v) is 5.21. The van der Waals surface area contributed by atoms with E-state index in [0.29, 0.717) is 6.54 Å². The first-order chi connectivity index (χ1) is 9.70.